The predicted molar refractivity (Wildman–Crippen MR) is 106 cm³/mol. The van der Waals surface area contributed by atoms with Crippen LogP contribution in [-0.2, 0) is 16.1 Å². The van der Waals surface area contributed by atoms with Crippen molar-refractivity contribution < 1.29 is 14.3 Å². The van der Waals surface area contributed by atoms with Gasteiger partial charge in [0.25, 0.3) is 0 Å². The summed E-state index contributed by atoms with van der Waals surface area (Å²) in [6.45, 7) is 6.14. The van der Waals surface area contributed by atoms with Crippen LogP contribution < -0.4 is 4.74 Å². The molecule has 0 N–H and O–H groups in total. The number of carbonyl (C=O) groups excluding carboxylic acids is 1. The Morgan fingerprint density at radius 1 is 1.15 bits per heavy atom. The van der Waals surface area contributed by atoms with Crippen LogP contribution in [0.3, 0.4) is 0 Å². The summed E-state index contributed by atoms with van der Waals surface area (Å²) < 4.78 is 10.5. The van der Waals surface area contributed by atoms with Crippen molar-refractivity contribution in [2.45, 2.75) is 31.3 Å². The molecule has 1 aromatic carbocycles. The van der Waals surface area contributed by atoms with Gasteiger partial charge in [-0.2, -0.15) is 0 Å². The average molecular weight is 376 g/mol. The molecular weight excluding hydrogens is 342 g/mol. The zero-order chi connectivity index (χ0) is 19.3. The third kappa shape index (κ3) is 4.81. The number of nitrogens with zero attached hydrogens (tertiary/aromatic N) is 3. The highest BCUT2D eigenvalue weighted by atomic mass is 16.5. The molecule has 2 aliphatic heterocycles. The average Bonchev–Trinajstić information content (AvgIpc) is 2.83. The number of hydrogen-bond acceptors (Lipinski definition) is 5. The molecule has 2 saturated heterocycles. The summed E-state index contributed by atoms with van der Waals surface area (Å²) in [4.78, 5) is 19.5. The Morgan fingerprint density at radius 3 is 2.78 bits per heavy atom. The first-order valence-corrected chi connectivity index (χ1v) is 9.89. The van der Waals surface area contributed by atoms with Crippen LogP contribution in [0.15, 0.2) is 24.3 Å². The SMILES string of the molecule is COCCN1CCC2(CCC1=O)CN(Cc1cccc(OC)c1)CCN2C. The molecule has 0 radical (unpaired) electrons. The van der Waals surface area contributed by atoms with Gasteiger partial charge in [-0.1, -0.05) is 12.1 Å². The van der Waals surface area contributed by atoms with Crippen LogP contribution in [0.25, 0.3) is 0 Å². The van der Waals surface area contributed by atoms with E-state index in [1.54, 1.807) is 14.2 Å². The predicted octanol–water partition coefficient (Wildman–Crippen LogP) is 1.84. The molecule has 1 unspecified atom stereocenters. The van der Waals surface area contributed by atoms with E-state index in [2.05, 4.69) is 35.0 Å². The fourth-order valence-electron chi connectivity index (χ4n) is 4.38. The van der Waals surface area contributed by atoms with E-state index < -0.39 is 0 Å². The molecule has 0 saturated carbocycles. The van der Waals surface area contributed by atoms with E-state index in [1.807, 2.05) is 11.0 Å². The molecule has 2 heterocycles. The summed E-state index contributed by atoms with van der Waals surface area (Å²) in [6, 6.07) is 8.32. The van der Waals surface area contributed by atoms with Gasteiger partial charge in [-0.05, 0) is 37.6 Å². The number of likely N-dealkylation sites (tertiary alicyclic amines) is 1. The Kier molecular flexibility index (Phi) is 6.73. The van der Waals surface area contributed by atoms with E-state index in [0.29, 0.717) is 19.6 Å². The molecule has 1 amide bonds. The third-order valence-electron chi connectivity index (χ3n) is 6.19. The fraction of sp³-hybridized carbons (Fsp3) is 0.667. The van der Waals surface area contributed by atoms with Crippen LogP contribution in [0.5, 0.6) is 5.75 Å². The minimum atomic E-state index is 0.0780. The minimum absolute atomic E-state index is 0.0780. The molecule has 0 aromatic heterocycles. The summed E-state index contributed by atoms with van der Waals surface area (Å²) in [5.74, 6) is 1.17. The number of benzene rings is 1. The highest BCUT2D eigenvalue weighted by molar-refractivity contribution is 5.76. The topological polar surface area (TPSA) is 45.3 Å². The van der Waals surface area contributed by atoms with E-state index in [0.717, 1.165) is 51.3 Å². The highest BCUT2D eigenvalue weighted by Gasteiger charge is 2.42. The monoisotopic (exact) mass is 375 g/mol. The van der Waals surface area contributed by atoms with Crippen molar-refractivity contribution in [2.75, 3.05) is 60.6 Å². The lowest BCUT2D eigenvalue weighted by Gasteiger charge is -2.49. The van der Waals surface area contributed by atoms with Gasteiger partial charge < -0.3 is 14.4 Å². The van der Waals surface area contributed by atoms with Gasteiger partial charge in [-0.15, -0.1) is 0 Å². The van der Waals surface area contributed by atoms with Crippen molar-refractivity contribution in [3.05, 3.63) is 29.8 Å². The second-order valence-corrected chi connectivity index (χ2v) is 7.83. The lowest BCUT2D eigenvalue weighted by molar-refractivity contribution is -0.131. The normalized spacial score (nSPS) is 25.0. The van der Waals surface area contributed by atoms with Gasteiger partial charge in [0, 0.05) is 58.3 Å². The van der Waals surface area contributed by atoms with Crippen molar-refractivity contribution >= 4 is 5.91 Å². The largest absolute Gasteiger partial charge is 0.497 e. The third-order valence-corrected chi connectivity index (χ3v) is 6.19. The second kappa shape index (κ2) is 9.04. The zero-order valence-electron chi connectivity index (χ0n) is 16.9. The molecular formula is C21H33N3O3. The van der Waals surface area contributed by atoms with Gasteiger partial charge in [-0.25, -0.2) is 0 Å². The molecule has 6 nitrogen and oxygen atoms in total. The molecule has 1 spiro atoms. The van der Waals surface area contributed by atoms with Crippen LogP contribution in [0, 0.1) is 0 Å². The smallest absolute Gasteiger partial charge is 0.222 e. The molecule has 27 heavy (non-hydrogen) atoms. The van der Waals surface area contributed by atoms with Crippen LogP contribution in [0.1, 0.15) is 24.8 Å². The fourth-order valence-corrected chi connectivity index (χ4v) is 4.38. The number of hydrogen-bond donors (Lipinski definition) is 0. The van der Waals surface area contributed by atoms with Crippen molar-refractivity contribution in [1.82, 2.24) is 14.7 Å². The summed E-state index contributed by atoms with van der Waals surface area (Å²) >= 11 is 0. The first-order chi connectivity index (χ1) is 13.1. The lowest BCUT2D eigenvalue weighted by Crippen LogP contribution is -2.60. The van der Waals surface area contributed by atoms with Crippen molar-refractivity contribution in [2.24, 2.45) is 0 Å². The quantitative estimate of drug-likeness (QED) is 0.759. The molecule has 1 aromatic rings. The molecule has 0 bridgehead atoms. The van der Waals surface area contributed by atoms with Gasteiger partial charge in [0.05, 0.1) is 13.7 Å². The number of ether oxygens (including phenoxy) is 2. The summed E-state index contributed by atoms with van der Waals surface area (Å²) in [5, 5.41) is 0. The van der Waals surface area contributed by atoms with Crippen LogP contribution >= 0.6 is 0 Å². The molecule has 150 valence electrons. The number of likely N-dealkylation sites (N-methyl/N-ethyl adjacent to an activating group) is 1. The van der Waals surface area contributed by atoms with Gasteiger partial charge in [0.1, 0.15) is 5.75 Å². The Hall–Kier alpha value is -1.63. The highest BCUT2D eigenvalue weighted by Crippen LogP contribution is 2.32. The maximum absolute atomic E-state index is 12.5. The molecule has 3 rings (SSSR count). The maximum Gasteiger partial charge on any atom is 0.222 e. The molecule has 2 aliphatic rings. The van der Waals surface area contributed by atoms with Gasteiger partial charge in [-0.3, -0.25) is 14.6 Å². The summed E-state index contributed by atoms with van der Waals surface area (Å²) in [6.07, 6.45) is 2.58. The number of piperazine rings is 1. The maximum atomic E-state index is 12.5. The second-order valence-electron chi connectivity index (χ2n) is 7.83. The summed E-state index contributed by atoms with van der Waals surface area (Å²) in [7, 11) is 5.62. The van der Waals surface area contributed by atoms with Crippen molar-refractivity contribution in [3.63, 3.8) is 0 Å². The van der Waals surface area contributed by atoms with E-state index in [1.165, 1.54) is 5.56 Å². The number of rotatable bonds is 6. The Labute approximate surface area is 163 Å². The van der Waals surface area contributed by atoms with Gasteiger partial charge in [0.2, 0.25) is 5.91 Å². The number of amides is 1. The number of carbonyl (C=O) groups is 1. The molecule has 2 fully saturated rings. The Bertz CT molecular complexity index is 639. The van der Waals surface area contributed by atoms with E-state index in [9.17, 15) is 4.79 Å². The Morgan fingerprint density at radius 2 is 2.00 bits per heavy atom. The Balaban J connectivity index is 1.67. The van der Waals surface area contributed by atoms with Gasteiger partial charge >= 0.3 is 0 Å². The molecule has 0 aliphatic carbocycles. The zero-order valence-corrected chi connectivity index (χ0v) is 16.9. The van der Waals surface area contributed by atoms with Crippen molar-refractivity contribution in [1.29, 1.82) is 0 Å². The van der Waals surface area contributed by atoms with Crippen molar-refractivity contribution in [3.8, 4) is 5.75 Å². The number of methoxy groups -OCH3 is 2. The van der Waals surface area contributed by atoms with E-state index in [4.69, 9.17) is 9.47 Å². The minimum Gasteiger partial charge on any atom is -0.497 e. The van der Waals surface area contributed by atoms with Gasteiger partial charge in [0.15, 0.2) is 0 Å². The molecule has 6 heteroatoms. The molecule has 1 atom stereocenters. The van der Waals surface area contributed by atoms with Crippen LogP contribution in [0.4, 0.5) is 0 Å². The summed E-state index contributed by atoms with van der Waals surface area (Å²) in [5.41, 5.74) is 1.36. The van der Waals surface area contributed by atoms with E-state index >= 15 is 0 Å². The van der Waals surface area contributed by atoms with E-state index in [-0.39, 0.29) is 11.4 Å². The standard InChI is InChI=1S/C21H33N3O3/c1-22-11-12-23(16-18-5-4-6-19(15-18)27-3)17-21(22)8-7-20(25)24(10-9-21)13-14-26-2/h4-6,15H,7-14,16-17H2,1-3H3. The lowest BCUT2D eigenvalue weighted by atomic mass is 9.86. The van der Waals surface area contributed by atoms with Crippen LogP contribution in [0.2, 0.25) is 0 Å². The first kappa shape index (κ1) is 20.1. The van der Waals surface area contributed by atoms with Crippen LogP contribution in [-0.4, -0.2) is 86.7 Å². The first-order valence-electron chi connectivity index (χ1n) is 9.89.